The smallest absolute Gasteiger partial charge is 0.181 e. The third kappa shape index (κ3) is 6.91. The van der Waals surface area contributed by atoms with Gasteiger partial charge in [-0.1, -0.05) is 33.4 Å². The second kappa shape index (κ2) is 12.2. The molecule has 0 bridgehead atoms. The molecule has 0 atom stereocenters. The van der Waals surface area contributed by atoms with Crippen LogP contribution < -0.4 is 5.32 Å². The second-order valence-corrected chi connectivity index (χ2v) is 13.0. The number of anilines is 1. The van der Waals surface area contributed by atoms with Crippen LogP contribution in [0.4, 0.5) is 10.1 Å². The molecule has 0 aliphatic heterocycles. The maximum atomic E-state index is 14.7. The van der Waals surface area contributed by atoms with Crippen LogP contribution in [0.15, 0.2) is 73.5 Å². The van der Waals surface area contributed by atoms with Crippen molar-refractivity contribution >= 4 is 27.9 Å². The van der Waals surface area contributed by atoms with Crippen LogP contribution in [0.5, 0.6) is 0 Å². The summed E-state index contributed by atoms with van der Waals surface area (Å²) in [5, 5.41) is 11.7. The van der Waals surface area contributed by atoms with E-state index in [0.29, 0.717) is 22.8 Å². The van der Waals surface area contributed by atoms with E-state index in [-0.39, 0.29) is 11.2 Å². The number of rotatable bonds is 10. The van der Waals surface area contributed by atoms with Crippen molar-refractivity contribution < 1.29 is 4.39 Å². The highest BCUT2D eigenvalue weighted by molar-refractivity contribution is 5.96. The van der Waals surface area contributed by atoms with Crippen molar-refractivity contribution in [2.75, 3.05) is 26.0 Å². The number of aryl methyl sites for hydroxylation is 1. The van der Waals surface area contributed by atoms with Gasteiger partial charge < -0.3 is 15.2 Å². The molecule has 45 heavy (non-hydrogen) atoms. The number of hydrogen-bond donors (Lipinski definition) is 3. The first kappa shape index (κ1) is 30.1. The minimum atomic E-state index is -0.262. The Kier molecular flexibility index (Phi) is 8.16. The lowest BCUT2D eigenvalue weighted by atomic mass is 9.91. The SMILES string of the molecule is C=C(CC(C)(C)C)Nc1cncc(-c2cnc3n[nH]c(-c4nc5nccc(-c6cc(F)cc(CCCN(C)C)c6)c5[nH]4)c3c2)c1. The highest BCUT2D eigenvalue weighted by Gasteiger charge is 2.18. The first-order valence-electron chi connectivity index (χ1n) is 15.1. The third-order valence-electron chi connectivity index (χ3n) is 7.51. The second-order valence-electron chi connectivity index (χ2n) is 13.0. The number of H-pyrrole nitrogens is 2. The molecule has 3 N–H and O–H groups in total. The number of pyridine rings is 3. The van der Waals surface area contributed by atoms with Gasteiger partial charge in [-0.15, -0.1) is 0 Å². The lowest BCUT2D eigenvalue weighted by molar-refractivity contribution is 0.400. The number of aromatic nitrogens is 7. The van der Waals surface area contributed by atoms with Gasteiger partial charge in [0.25, 0.3) is 0 Å². The van der Waals surface area contributed by atoms with Gasteiger partial charge in [0.2, 0.25) is 0 Å². The average molecular weight is 604 g/mol. The Hall–Kier alpha value is -4.96. The summed E-state index contributed by atoms with van der Waals surface area (Å²) in [5.41, 5.74) is 8.80. The zero-order valence-corrected chi connectivity index (χ0v) is 26.4. The topological polar surface area (TPSA) is 111 Å². The number of imidazole rings is 1. The van der Waals surface area contributed by atoms with Crippen LogP contribution in [0.25, 0.3) is 56.0 Å². The van der Waals surface area contributed by atoms with Gasteiger partial charge in [-0.2, -0.15) is 5.10 Å². The Morgan fingerprint density at radius 1 is 0.978 bits per heavy atom. The summed E-state index contributed by atoms with van der Waals surface area (Å²) in [7, 11) is 4.08. The summed E-state index contributed by atoms with van der Waals surface area (Å²) in [6.45, 7) is 11.7. The molecule has 230 valence electrons. The standard InChI is InChI=1S/C35H38FN9/c1-21(17-35(2,3)4)40-27-15-24(18-37-20-27)25-16-29-31(43-44-32(29)39-19-25)34-41-30-28(9-10-38-33(30)42-34)23-12-22(13-26(36)14-23)8-7-11-45(5)6/h9-10,12-16,18-20,40H,1,7-8,11,17H2,2-6H3,(H,38,41,42)(H,39,43,44). The highest BCUT2D eigenvalue weighted by atomic mass is 19.1. The molecule has 5 heterocycles. The minimum Gasteiger partial charge on any atom is -0.358 e. The van der Waals surface area contributed by atoms with Crippen LogP contribution in [0, 0.1) is 11.2 Å². The maximum Gasteiger partial charge on any atom is 0.181 e. The lowest BCUT2D eigenvalue weighted by Crippen LogP contribution is -2.13. The zero-order chi connectivity index (χ0) is 31.7. The van der Waals surface area contributed by atoms with Crippen molar-refractivity contribution in [2.45, 2.75) is 40.0 Å². The third-order valence-corrected chi connectivity index (χ3v) is 7.51. The summed E-state index contributed by atoms with van der Waals surface area (Å²) in [6, 6.07) is 11.2. The largest absolute Gasteiger partial charge is 0.358 e. The fourth-order valence-corrected chi connectivity index (χ4v) is 5.61. The van der Waals surface area contributed by atoms with Crippen molar-refractivity contribution in [3.05, 3.63) is 84.8 Å². The van der Waals surface area contributed by atoms with E-state index in [0.717, 1.165) is 75.9 Å². The molecule has 0 radical (unpaired) electrons. The predicted octanol–water partition coefficient (Wildman–Crippen LogP) is 7.62. The summed E-state index contributed by atoms with van der Waals surface area (Å²) >= 11 is 0. The van der Waals surface area contributed by atoms with Crippen molar-refractivity contribution in [3.8, 4) is 33.8 Å². The zero-order valence-electron chi connectivity index (χ0n) is 26.4. The van der Waals surface area contributed by atoms with E-state index in [2.05, 4.69) is 67.7 Å². The Balaban J connectivity index is 1.33. The number of nitrogens with one attached hydrogen (secondary N) is 3. The number of hydrogen-bond acceptors (Lipinski definition) is 7. The van der Waals surface area contributed by atoms with Gasteiger partial charge in [0.05, 0.1) is 22.8 Å². The molecule has 0 aliphatic carbocycles. The van der Waals surface area contributed by atoms with E-state index < -0.39 is 0 Å². The van der Waals surface area contributed by atoms with E-state index in [1.165, 1.54) is 0 Å². The van der Waals surface area contributed by atoms with Crippen LogP contribution in [-0.4, -0.2) is 60.7 Å². The fourth-order valence-electron chi connectivity index (χ4n) is 5.61. The molecule has 6 rings (SSSR count). The van der Waals surface area contributed by atoms with Gasteiger partial charge in [-0.25, -0.2) is 19.3 Å². The van der Waals surface area contributed by atoms with Crippen molar-refractivity contribution in [1.82, 2.24) is 40.0 Å². The molecule has 1 aromatic carbocycles. The van der Waals surface area contributed by atoms with E-state index in [1.54, 1.807) is 30.7 Å². The molecule has 0 unspecified atom stereocenters. The molecule has 10 heteroatoms. The highest BCUT2D eigenvalue weighted by Crippen LogP contribution is 2.33. The Morgan fingerprint density at radius 2 is 1.80 bits per heavy atom. The lowest BCUT2D eigenvalue weighted by Gasteiger charge is -2.20. The van der Waals surface area contributed by atoms with E-state index in [9.17, 15) is 4.39 Å². The summed E-state index contributed by atoms with van der Waals surface area (Å²) < 4.78 is 14.7. The van der Waals surface area contributed by atoms with Crippen molar-refractivity contribution in [1.29, 1.82) is 0 Å². The molecule has 0 amide bonds. The Morgan fingerprint density at radius 3 is 2.60 bits per heavy atom. The maximum absolute atomic E-state index is 14.7. The molecule has 0 aliphatic rings. The van der Waals surface area contributed by atoms with E-state index in [1.807, 2.05) is 44.6 Å². The van der Waals surface area contributed by atoms with Crippen LogP contribution in [-0.2, 0) is 6.42 Å². The fraction of sp³-hybridized carbons (Fsp3) is 0.286. The summed E-state index contributed by atoms with van der Waals surface area (Å²) in [5.74, 6) is 0.309. The van der Waals surface area contributed by atoms with Gasteiger partial charge in [0.15, 0.2) is 17.1 Å². The molecule has 0 spiro atoms. The van der Waals surface area contributed by atoms with E-state index >= 15 is 0 Å². The molecule has 5 aromatic heterocycles. The minimum absolute atomic E-state index is 0.126. The summed E-state index contributed by atoms with van der Waals surface area (Å²) in [4.78, 5) is 23.9. The molecule has 6 aromatic rings. The Bertz CT molecular complexity index is 2000. The van der Waals surface area contributed by atoms with Gasteiger partial charge in [0, 0.05) is 41.0 Å². The average Bonchev–Trinajstić information content (AvgIpc) is 3.59. The quantitative estimate of drug-likeness (QED) is 0.148. The monoisotopic (exact) mass is 603 g/mol. The number of halogens is 1. The number of aromatic amines is 2. The number of nitrogens with zero attached hydrogens (tertiary/aromatic N) is 6. The van der Waals surface area contributed by atoms with Crippen molar-refractivity contribution in [2.24, 2.45) is 5.41 Å². The summed E-state index contributed by atoms with van der Waals surface area (Å²) in [6.07, 6.45) is 9.67. The van der Waals surface area contributed by atoms with Gasteiger partial charge >= 0.3 is 0 Å². The molecule has 0 saturated heterocycles. The molecule has 9 nitrogen and oxygen atoms in total. The number of benzene rings is 1. The normalized spacial score (nSPS) is 12.0. The number of allylic oxidation sites excluding steroid dienone is 1. The van der Waals surface area contributed by atoms with Crippen LogP contribution >= 0.6 is 0 Å². The molecule has 0 fully saturated rings. The van der Waals surface area contributed by atoms with Crippen molar-refractivity contribution in [3.63, 3.8) is 0 Å². The number of fused-ring (bicyclic) bond motifs is 2. The van der Waals surface area contributed by atoms with Gasteiger partial charge in [0.1, 0.15) is 11.5 Å². The molecule has 0 saturated carbocycles. The van der Waals surface area contributed by atoms with Crippen LogP contribution in [0.2, 0.25) is 0 Å². The first-order valence-corrected chi connectivity index (χ1v) is 15.1. The van der Waals surface area contributed by atoms with Crippen LogP contribution in [0.3, 0.4) is 0 Å². The molecular weight excluding hydrogens is 565 g/mol. The van der Waals surface area contributed by atoms with Gasteiger partial charge in [-0.05, 0) is 86.8 Å². The van der Waals surface area contributed by atoms with Crippen LogP contribution in [0.1, 0.15) is 39.2 Å². The van der Waals surface area contributed by atoms with Gasteiger partial charge in [-0.3, -0.25) is 10.1 Å². The molecular formula is C35H38FN9. The predicted molar refractivity (Wildman–Crippen MR) is 179 cm³/mol. The Labute approximate surface area is 262 Å². The van der Waals surface area contributed by atoms with E-state index in [4.69, 9.17) is 4.98 Å². The first-order chi connectivity index (χ1) is 21.5.